The Labute approximate surface area is 208 Å². The molecule has 2 fully saturated rings. The van der Waals surface area contributed by atoms with Crippen LogP contribution in [0.1, 0.15) is 18.9 Å². The number of esters is 1. The van der Waals surface area contributed by atoms with E-state index < -0.39 is 24.1 Å². The summed E-state index contributed by atoms with van der Waals surface area (Å²) in [5, 5.41) is 21.5. The summed E-state index contributed by atoms with van der Waals surface area (Å²) in [4.78, 5) is 52.2. The zero-order valence-electron chi connectivity index (χ0n) is 20.2. The number of piperazine rings is 1. The molecular weight excluding hydrogens is 472 g/mol. The van der Waals surface area contributed by atoms with E-state index in [2.05, 4.69) is 20.4 Å². The van der Waals surface area contributed by atoms with Crippen molar-refractivity contribution in [2.24, 2.45) is 0 Å². The van der Waals surface area contributed by atoms with Gasteiger partial charge in [-0.15, -0.1) is 0 Å². The zero-order valence-corrected chi connectivity index (χ0v) is 20.2. The summed E-state index contributed by atoms with van der Waals surface area (Å²) < 4.78 is 10.3. The number of carboxylic acid groups (broad SMARTS) is 1. The highest BCUT2D eigenvalue weighted by Crippen LogP contribution is 2.23. The number of rotatable bonds is 10. The summed E-state index contributed by atoms with van der Waals surface area (Å²) >= 11 is 0. The highest BCUT2D eigenvalue weighted by Gasteiger charge is 2.34. The smallest absolute Gasteiger partial charge is 0.414 e. The van der Waals surface area contributed by atoms with Crippen LogP contribution in [0.25, 0.3) is 0 Å². The van der Waals surface area contributed by atoms with Gasteiger partial charge in [-0.05, 0) is 31.2 Å². The van der Waals surface area contributed by atoms with Gasteiger partial charge in [0.1, 0.15) is 18.5 Å². The van der Waals surface area contributed by atoms with E-state index in [0.717, 1.165) is 26.2 Å². The Morgan fingerprint density at radius 2 is 1.81 bits per heavy atom. The molecule has 3 amide bonds. The first-order valence-electron chi connectivity index (χ1n) is 11.8. The fraction of sp³-hybridized carbons (Fsp3) is 0.522. The van der Waals surface area contributed by atoms with Gasteiger partial charge in [0.25, 0.3) is 0 Å². The molecule has 2 heterocycles. The van der Waals surface area contributed by atoms with Crippen LogP contribution in [-0.2, 0) is 19.1 Å². The minimum atomic E-state index is -0.798. The van der Waals surface area contributed by atoms with E-state index in [-0.39, 0.29) is 31.5 Å². The summed E-state index contributed by atoms with van der Waals surface area (Å²) in [5.41, 5.74) is 1.04. The predicted octanol–water partition coefficient (Wildman–Crippen LogP) is 0.292. The van der Waals surface area contributed by atoms with E-state index in [1.54, 1.807) is 31.2 Å². The molecule has 1 atom stereocenters. The Morgan fingerprint density at radius 3 is 2.44 bits per heavy atom. The quantitative estimate of drug-likeness (QED) is 0.199. The van der Waals surface area contributed by atoms with Crippen molar-refractivity contribution in [3.63, 3.8) is 0 Å². The number of nitrogens with one attached hydrogen (secondary N) is 3. The predicted molar refractivity (Wildman–Crippen MR) is 129 cm³/mol. The number of anilines is 1. The molecule has 2 saturated heterocycles. The number of aliphatic carboxylic acids is 1. The summed E-state index contributed by atoms with van der Waals surface area (Å²) in [6.07, 6.45) is -0.600. The van der Waals surface area contributed by atoms with E-state index in [4.69, 9.17) is 20.0 Å². The number of ether oxygens (including phenoxy) is 2. The van der Waals surface area contributed by atoms with Crippen molar-refractivity contribution in [1.29, 1.82) is 5.41 Å². The molecule has 13 nitrogen and oxygen atoms in total. The fourth-order valence-electron chi connectivity index (χ4n) is 3.97. The summed E-state index contributed by atoms with van der Waals surface area (Å²) in [6, 6.07) is 5.87. The van der Waals surface area contributed by atoms with Gasteiger partial charge in [0.05, 0.1) is 19.6 Å². The van der Waals surface area contributed by atoms with Crippen molar-refractivity contribution in [2.45, 2.75) is 19.4 Å². The second-order valence-electron chi connectivity index (χ2n) is 8.44. The summed E-state index contributed by atoms with van der Waals surface area (Å²) in [7, 11) is 0. The van der Waals surface area contributed by atoms with Crippen LogP contribution in [0.3, 0.4) is 0 Å². The van der Waals surface area contributed by atoms with E-state index in [1.807, 2.05) is 0 Å². The van der Waals surface area contributed by atoms with Crippen molar-refractivity contribution < 1.29 is 33.8 Å². The molecular formula is C23H32N6O7. The Hall–Kier alpha value is -3.71. The normalized spacial score (nSPS) is 18.4. The average molecular weight is 505 g/mol. The number of amides is 3. The average Bonchev–Trinajstić information content (AvgIpc) is 3.22. The number of amidine groups is 1. The molecule has 3 rings (SSSR count). The van der Waals surface area contributed by atoms with Crippen LogP contribution in [0, 0.1) is 5.41 Å². The molecule has 2 aliphatic heterocycles. The zero-order chi connectivity index (χ0) is 26.1. The maximum Gasteiger partial charge on any atom is 0.414 e. The van der Waals surface area contributed by atoms with Gasteiger partial charge in [0, 0.05) is 50.5 Å². The SMILES string of the molecule is CCOC(=O)CNC(=O)NC(=N)c1ccc(N2CC(CN3CCN(CCC(=O)O)CC3)OC2=O)cc1. The van der Waals surface area contributed by atoms with E-state index in [9.17, 15) is 19.2 Å². The third-order valence-electron chi connectivity index (χ3n) is 5.85. The Bertz CT molecular complexity index is 962. The Kier molecular flexibility index (Phi) is 9.59. The number of benzene rings is 1. The van der Waals surface area contributed by atoms with Gasteiger partial charge in [-0.3, -0.25) is 30.1 Å². The second kappa shape index (κ2) is 12.8. The van der Waals surface area contributed by atoms with Gasteiger partial charge in [0.15, 0.2) is 0 Å². The Morgan fingerprint density at radius 1 is 1.14 bits per heavy atom. The number of urea groups is 1. The van der Waals surface area contributed by atoms with E-state index in [1.165, 1.54) is 4.90 Å². The monoisotopic (exact) mass is 504 g/mol. The highest BCUT2D eigenvalue weighted by atomic mass is 16.6. The molecule has 13 heteroatoms. The Balaban J connectivity index is 1.44. The van der Waals surface area contributed by atoms with Crippen molar-refractivity contribution in [3.8, 4) is 0 Å². The maximum atomic E-state index is 12.4. The lowest BCUT2D eigenvalue weighted by atomic mass is 10.1. The molecule has 1 aromatic rings. The molecule has 0 saturated carbocycles. The minimum absolute atomic E-state index is 0.131. The standard InChI is InChI=1S/C23H32N6O7/c1-2-35-20(32)13-25-22(33)26-21(24)16-3-5-17(6-4-16)29-15-18(36-23(29)34)14-28-11-9-27(10-12-28)8-7-19(30)31/h3-6,18H,2,7-15H2,1H3,(H,30,31)(H3,24,25,26,33). The van der Waals surface area contributed by atoms with Crippen LogP contribution in [0.5, 0.6) is 0 Å². The van der Waals surface area contributed by atoms with Crippen LogP contribution in [0.15, 0.2) is 24.3 Å². The van der Waals surface area contributed by atoms with Crippen LogP contribution >= 0.6 is 0 Å². The third kappa shape index (κ3) is 7.92. The topological polar surface area (TPSA) is 165 Å². The van der Waals surface area contributed by atoms with Crippen LogP contribution < -0.4 is 15.5 Å². The lowest BCUT2D eigenvalue weighted by Crippen LogP contribution is -2.49. The van der Waals surface area contributed by atoms with Crippen LogP contribution in [0.4, 0.5) is 15.3 Å². The molecule has 0 aliphatic carbocycles. The number of carboxylic acids is 1. The largest absolute Gasteiger partial charge is 0.481 e. The van der Waals surface area contributed by atoms with Crippen molar-refractivity contribution >= 4 is 35.6 Å². The molecule has 4 N–H and O–H groups in total. The second-order valence-corrected chi connectivity index (χ2v) is 8.44. The van der Waals surface area contributed by atoms with Gasteiger partial charge in [-0.25, -0.2) is 9.59 Å². The summed E-state index contributed by atoms with van der Waals surface area (Å²) in [5.74, 6) is -1.53. The van der Waals surface area contributed by atoms with Gasteiger partial charge < -0.3 is 24.8 Å². The highest BCUT2D eigenvalue weighted by molar-refractivity contribution is 6.06. The molecule has 196 valence electrons. The first-order chi connectivity index (χ1) is 17.2. The maximum absolute atomic E-state index is 12.4. The van der Waals surface area contributed by atoms with E-state index in [0.29, 0.717) is 30.9 Å². The molecule has 0 bridgehead atoms. The van der Waals surface area contributed by atoms with Gasteiger partial charge in [0.2, 0.25) is 0 Å². The lowest BCUT2D eigenvalue weighted by molar-refractivity contribution is -0.142. The van der Waals surface area contributed by atoms with E-state index >= 15 is 0 Å². The molecule has 1 aromatic carbocycles. The lowest BCUT2D eigenvalue weighted by Gasteiger charge is -2.35. The van der Waals surface area contributed by atoms with Crippen molar-refractivity contribution in [3.05, 3.63) is 29.8 Å². The van der Waals surface area contributed by atoms with Crippen molar-refractivity contribution in [1.82, 2.24) is 20.4 Å². The third-order valence-corrected chi connectivity index (χ3v) is 5.85. The number of carbonyl (C=O) groups is 4. The molecule has 0 radical (unpaired) electrons. The number of cyclic esters (lactones) is 1. The number of nitrogens with zero attached hydrogens (tertiary/aromatic N) is 3. The van der Waals surface area contributed by atoms with Crippen LogP contribution in [0.2, 0.25) is 0 Å². The van der Waals surface area contributed by atoms with Gasteiger partial charge in [-0.1, -0.05) is 0 Å². The van der Waals surface area contributed by atoms with Crippen LogP contribution in [-0.4, -0.2) is 110 Å². The van der Waals surface area contributed by atoms with Crippen molar-refractivity contribution in [2.75, 3.05) is 63.9 Å². The molecule has 0 aromatic heterocycles. The number of hydrogen-bond acceptors (Lipinski definition) is 9. The molecule has 0 spiro atoms. The first-order valence-corrected chi connectivity index (χ1v) is 11.8. The molecule has 1 unspecified atom stereocenters. The molecule has 36 heavy (non-hydrogen) atoms. The van der Waals surface area contributed by atoms with Gasteiger partial charge in [-0.2, -0.15) is 0 Å². The fourth-order valence-corrected chi connectivity index (χ4v) is 3.97. The molecule has 2 aliphatic rings. The van der Waals surface area contributed by atoms with Gasteiger partial charge >= 0.3 is 24.1 Å². The first kappa shape index (κ1) is 26.9. The number of carbonyl (C=O) groups excluding carboxylic acids is 3. The minimum Gasteiger partial charge on any atom is -0.481 e. The number of hydrogen-bond donors (Lipinski definition) is 4. The summed E-state index contributed by atoms with van der Waals surface area (Å²) in [6.45, 7) is 6.22.